The van der Waals surface area contributed by atoms with Crippen LogP contribution in [0.15, 0.2) is 12.2 Å². The van der Waals surface area contributed by atoms with E-state index in [1.54, 1.807) is 0 Å². The molecule has 0 aliphatic carbocycles. The van der Waals surface area contributed by atoms with Gasteiger partial charge in [-0.3, -0.25) is 14.7 Å². The maximum absolute atomic E-state index is 3.60. The topological polar surface area (TPSA) is 13.0 Å². The molecule has 2 atom stereocenters. The molecule has 0 amide bonds. The van der Waals surface area contributed by atoms with Crippen LogP contribution in [0.1, 0.15) is 39.5 Å². The van der Waals surface area contributed by atoms with Crippen molar-refractivity contribution in [1.82, 2.24) is 19.6 Å². The molecule has 3 aliphatic heterocycles. The van der Waals surface area contributed by atoms with Gasteiger partial charge in [0.1, 0.15) is 6.67 Å². The SMILES string of the molecule is CC1CC(C)CN(CCCN2[C]N(CCCN3CC=CCC3)CC2)C1. The van der Waals surface area contributed by atoms with E-state index in [1.165, 1.54) is 71.5 Å². The first kappa shape index (κ1) is 19.3. The Bertz CT molecular complexity index is 401. The molecule has 4 heteroatoms. The van der Waals surface area contributed by atoms with Gasteiger partial charge in [0.2, 0.25) is 0 Å². The van der Waals surface area contributed by atoms with E-state index in [0.29, 0.717) is 0 Å². The lowest BCUT2D eigenvalue weighted by atomic mass is 9.92. The molecule has 0 saturated carbocycles. The second-order valence-corrected chi connectivity index (χ2v) is 8.55. The van der Waals surface area contributed by atoms with Crippen LogP contribution in [0.25, 0.3) is 0 Å². The van der Waals surface area contributed by atoms with E-state index >= 15 is 0 Å². The lowest BCUT2D eigenvalue weighted by Gasteiger charge is -2.35. The van der Waals surface area contributed by atoms with Gasteiger partial charge in [-0.2, -0.15) is 0 Å². The predicted octanol–water partition coefficient (Wildman–Crippen LogP) is 2.62. The van der Waals surface area contributed by atoms with Gasteiger partial charge in [0.15, 0.2) is 0 Å². The monoisotopic (exact) mass is 346 g/mol. The van der Waals surface area contributed by atoms with Crippen molar-refractivity contribution in [3.05, 3.63) is 18.8 Å². The first-order valence-corrected chi connectivity index (χ1v) is 10.5. The predicted molar refractivity (Wildman–Crippen MR) is 105 cm³/mol. The van der Waals surface area contributed by atoms with E-state index in [9.17, 15) is 0 Å². The summed E-state index contributed by atoms with van der Waals surface area (Å²) >= 11 is 0. The molecule has 25 heavy (non-hydrogen) atoms. The molecule has 0 aromatic carbocycles. The molecule has 3 heterocycles. The van der Waals surface area contributed by atoms with Crippen LogP contribution in [0.4, 0.5) is 0 Å². The summed E-state index contributed by atoms with van der Waals surface area (Å²) in [6.07, 6.45) is 9.79. The summed E-state index contributed by atoms with van der Waals surface area (Å²) in [4.78, 5) is 10.1. The van der Waals surface area contributed by atoms with Crippen molar-refractivity contribution >= 4 is 0 Å². The minimum Gasteiger partial charge on any atom is -0.303 e. The van der Waals surface area contributed by atoms with Gasteiger partial charge in [0.05, 0.1) is 0 Å². The summed E-state index contributed by atoms with van der Waals surface area (Å²) in [6, 6.07) is 0. The van der Waals surface area contributed by atoms with Crippen LogP contribution in [0.5, 0.6) is 0 Å². The second kappa shape index (κ2) is 10.1. The minimum atomic E-state index is 0.875. The van der Waals surface area contributed by atoms with Crippen LogP contribution in [0.3, 0.4) is 0 Å². The Morgan fingerprint density at radius 2 is 1.44 bits per heavy atom. The summed E-state index contributed by atoms with van der Waals surface area (Å²) in [6.45, 7) is 20.6. The quantitative estimate of drug-likeness (QED) is 0.626. The number of piperidine rings is 1. The molecule has 2 fully saturated rings. The molecule has 2 unspecified atom stereocenters. The Morgan fingerprint density at radius 1 is 0.800 bits per heavy atom. The van der Waals surface area contributed by atoms with Crippen molar-refractivity contribution in [3.63, 3.8) is 0 Å². The zero-order valence-corrected chi connectivity index (χ0v) is 16.5. The fourth-order valence-electron chi connectivity index (χ4n) is 4.70. The highest BCUT2D eigenvalue weighted by molar-refractivity contribution is 4.90. The van der Waals surface area contributed by atoms with Crippen molar-refractivity contribution in [1.29, 1.82) is 0 Å². The molecule has 0 spiro atoms. The summed E-state index contributed by atoms with van der Waals surface area (Å²) < 4.78 is 0. The van der Waals surface area contributed by atoms with Crippen molar-refractivity contribution in [2.24, 2.45) is 11.8 Å². The van der Waals surface area contributed by atoms with Crippen molar-refractivity contribution in [2.45, 2.75) is 39.5 Å². The maximum atomic E-state index is 3.60. The van der Waals surface area contributed by atoms with Crippen LogP contribution >= 0.6 is 0 Å². The molecule has 0 aromatic rings. The Balaban J connectivity index is 1.24. The second-order valence-electron chi connectivity index (χ2n) is 8.55. The number of rotatable bonds is 8. The Hall–Kier alpha value is -0.420. The number of hydrogen-bond acceptors (Lipinski definition) is 4. The molecule has 0 N–H and O–H groups in total. The van der Waals surface area contributed by atoms with E-state index in [0.717, 1.165) is 31.5 Å². The largest absolute Gasteiger partial charge is 0.303 e. The molecule has 2 saturated heterocycles. The molecule has 142 valence electrons. The van der Waals surface area contributed by atoms with Gasteiger partial charge in [-0.05, 0) is 50.6 Å². The third-order valence-electron chi connectivity index (χ3n) is 5.81. The van der Waals surface area contributed by atoms with Gasteiger partial charge < -0.3 is 4.90 Å². The van der Waals surface area contributed by atoms with E-state index < -0.39 is 0 Å². The average Bonchev–Trinajstić information content (AvgIpc) is 3.03. The van der Waals surface area contributed by atoms with Crippen LogP contribution in [0.2, 0.25) is 0 Å². The Morgan fingerprint density at radius 3 is 2.04 bits per heavy atom. The summed E-state index contributed by atoms with van der Waals surface area (Å²) in [5.74, 6) is 1.75. The third-order valence-corrected chi connectivity index (χ3v) is 5.81. The van der Waals surface area contributed by atoms with Crippen LogP contribution < -0.4 is 0 Å². The van der Waals surface area contributed by atoms with Gasteiger partial charge in [0, 0.05) is 52.4 Å². The lowest BCUT2D eigenvalue weighted by molar-refractivity contribution is 0.135. The number of hydrogen-bond donors (Lipinski definition) is 0. The number of nitrogens with zero attached hydrogens (tertiary/aromatic N) is 4. The molecule has 3 rings (SSSR count). The van der Waals surface area contributed by atoms with Gasteiger partial charge >= 0.3 is 0 Å². The van der Waals surface area contributed by atoms with Crippen LogP contribution in [-0.2, 0) is 0 Å². The van der Waals surface area contributed by atoms with Gasteiger partial charge in [-0.25, -0.2) is 0 Å². The van der Waals surface area contributed by atoms with Gasteiger partial charge in [0.25, 0.3) is 0 Å². The molecule has 4 nitrogen and oxygen atoms in total. The molecular weight excluding hydrogens is 308 g/mol. The van der Waals surface area contributed by atoms with E-state index in [-0.39, 0.29) is 0 Å². The molecule has 0 aromatic heterocycles. The van der Waals surface area contributed by atoms with Gasteiger partial charge in [-0.15, -0.1) is 0 Å². The standard InChI is InChI=1S/C21H38N4/c1-20-16-21(2)18-25(17-20)13-7-12-24-15-14-23(19-24)11-6-10-22-8-4-3-5-9-22/h3-4,20-21H,5-18H2,1-2H3. The van der Waals surface area contributed by atoms with E-state index in [2.05, 4.69) is 52.3 Å². The fraction of sp³-hybridized carbons (Fsp3) is 0.857. The normalized spacial score (nSPS) is 30.3. The minimum absolute atomic E-state index is 0.875. The molecule has 2 radical (unpaired) electrons. The maximum Gasteiger partial charge on any atom is 0.146 e. The Labute approximate surface area is 155 Å². The third kappa shape index (κ3) is 6.67. The molecule has 3 aliphatic rings. The van der Waals surface area contributed by atoms with Crippen molar-refractivity contribution < 1.29 is 0 Å². The fourth-order valence-corrected chi connectivity index (χ4v) is 4.70. The van der Waals surface area contributed by atoms with Crippen LogP contribution in [-0.4, -0.2) is 85.0 Å². The van der Waals surface area contributed by atoms with E-state index in [4.69, 9.17) is 0 Å². The lowest BCUT2D eigenvalue weighted by Crippen LogP contribution is -2.40. The van der Waals surface area contributed by atoms with Crippen molar-refractivity contribution in [2.75, 3.05) is 65.4 Å². The van der Waals surface area contributed by atoms with Gasteiger partial charge in [-0.1, -0.05) is 26.0 Å². The highest BCUT2D eigenvalue weighted by atomic mass is 15.4. The van der Waals surface area contributed by atoms with Crippen LogP contribution in [0, 0.1) is 18.5 Å². The smallest absolute Gasteiger partial charge is 0.146 e. The summed E-state index contributed by atoms with van der Waals surface area (Å²) in [5.41, 5.74) is 0. The first-order valence-electron chi connectivity index (χ1n) is 10.5. The molecular formula is C21H38N4. The summed E-state index contributed by atoms with van der Waals surface area (Å²) in [5, 5.41) is 0. The highest BCUT2D eigenvalue weighted by Gasteiger charge is 2.23. The zero-order valence-electron chi connectivity index (χ0n) is 16.5. The first-order chi connectivity index (χ1) is 12.2. The zero-order chi connectivity index (χ0) is 17.5. The Kier molecular flexibility index (Phi) is 7.78. The highest BCUT2D eigenvalue weighted by Crippen LogP contribution is 2.21. The van der Waals surface area contributed by atoms with E-state index in [1.807, 2.05) is 0 Å². The summed E-state index contributed by atoms with van der Waals surface area (Å²) in [7, 11) is 0. The van der Waals surface area contributed by atoms with Crippen molar-refractivity contribution in [3.8, 4) is 0 Å². The average molecular weight is 347 g/mol. The molecule has 0 bridgehead atoms. The number of likely N-dealkylation sites (tertiary alicyclic amines) is 1.